The van der Waals surface area contributed by atoms with Crippen LogP contribution in [0.5, 0.6) is 5.75 Å². The number of carboxylic acid groups (broad SMARTS) is 1. The summed E-state index contributed by atoms with van der Waals surface area (Å²) in [6.45, 7) is 0.137. The van der Waals surface area contributed by atoms with Crippen molar-refractivity contribution in [2.45, 2.75) is 18.5 Å². The molecule has 1 rings (SSSR count). The molecule has 0 aliphatic rings. The number of amides is 1. The molecule has 5 N–H and O–H groups in total. The SMILES string of the molecule is NC(=O)C(N=O)c1ccc(OCCC(N)C(=O)O)cc1. The number of rotatable bonds is 8. The van der Waals surface area contributed by atoms with Crippen LogP contribution in [0.25, 0.3) is 0 Å². The predicted octanol–water partition coefficient (Wildman–Crippen LogP) is 0.160. The van der Waals surface area contributed by atoms with Crippen LogP contribution in [-0.2, 0) is 9.59 Å². The molecular weight excluding hydrogens is 266 g/mol. The van der Waals surface area contributed by atoms with Crippen LogP contribution in [0, 0.1) is 4.91 Å². The van der Waals surface area contributed by atoms with E-state index in [1.807, 2.05) is 0 Å². The Morgan fingerprint density at radius 2 is 1.90 bits per heavy atom. The number of benzene rings is 1. The lowest BCUT2D eigenvalue weighted by Gasteiger charge is -2.10. The number of nitroso groups, excluding NO2 is 1. The van der Waals surface area contributed by atoms with Gasteiger partial charge >= 0.3 is 5.97 Å². The first-order chi connectivity index (χ1) is 9.45. The van der Waals surface area contributed by atoms with Gasteiger partial charge < -0.3 is 21.3 Å². The van der Waals surface area contributed by atoms with Crippen molar-refractivity contribution in [2.75, 3.05) is 6.61 Å². The fourth-order valence-corrected chi connectivity index (χ4v) is 1.45. The number of hydrogen-bond acceptors (Lipinski definition) is 6. The van der Waals surface area contributed by atoms with Crippen molar-refractivity contribution in [3.05, 3.63) is 34.7 Å². The number of carboxylic acids is 1. The van der Waals surface area contributed by atoms with Crippen molar-refractivity contribution in [3.63, 3.8) is 0 Å². The molecule has 2 unspecified atom stereocenters. The molecule has 0 bridgehead atoms. The van der Waals surface area contributed by atoms with Gasteiger partial charge in [-0.1, -0.05) is 17.3 Å². The van der Waals surface area contributed by atoms with Gasteiger partial charge in [-0.2, -0.15) is 0 Å². The van der Waals surface area contributed by atoms with Gasteiger partial charge in [-0.3, -0.25) is 9.59 Å². The summed E-state index contributed by atoms with van der Waals surface area (Å²) in [6, 6.07) is 3.83. The Hall–Kier alpha value is -2.48. The maximum absolute atomic E-state index is 11.0. The normalized spacial score (nSPS) is 13.2. The van der Waals surface area contributed by atoms with E-state index in [1.165, 1.54) is 24.3 Å². The zero-order chi connectivity index (χ0) is 15.1. The molecule has 0 spiro atoms. The largest absolute Gasteiger partial charge is 0.494 e. The second kappa shape index (κ2) is 7.19. The number of nitrogens with zero attached hydrogens (tertiary/aromatic N) is 1. The molecule has 0 saturated heterocycles. The van der Waals surface area contributed by atoms with Crippen molar-refractivity contribution in [2.24, 2.45) is 16.6 Å². The lowest BCUT2D eigenvalue weighted by molar-refractivity contribution is -0.138. The van der Waals surface area contributed by atoms with E-state index in [9.17, 15) is 14.5 Å². The maximum atomic E-state index is 11.0. The Kier molecular flexibility index (Phi) is 5.60. The Morgan fingerprint density at radius 1 is 1.30 bits per heavy atom. The van der Waals surface area contributed by atoms with Crippen LogP contribution in [0.4, 0.5) is 0 Å². The van der Waals surface area contributed by atoms with Gasteiger partial charge in [0.2, 0.25) is 0 Å². The van der Waals surface area contributed by atoms with E-state index < -0.39 is 24.0 Å². The number of hydrogen-bond donors (Lipinski definition) is 3. The highest BCUT2D eigenvalue weighted by Gasteiger charge is 2.18. The van der Waals surface area contributed by atoms with Gasteiger partial charge in [0.1, 0.15) is 11.8 Å². The van der Waals surface area contributed by atoms with Gasteiger partial charge in [0.25, 0.3) is 5.91 Å². The first kappa shape index (κ1) is 15.6. The molecule has 0 aromatic heterocycles. The molecule has 0 fully saturated rings. The maximum Gasteiger partial charge on any atom is 0.320 e. The average Bonchev–Trinajstić information content (AvgIpc) is 2.40. The molecule has 108 valence electrons. The summed E-state index contributed by atoms with van der Waals surface area (Å²) >= 11 is 0. The van der Waals surface area contributed by atoms with Crippen LogP contribution in [0.1, 0.15) is 18.0 Å². The van der Waals surface area contributed by atoms with Crippen LogP contribution in [-0.4, -0.2) is 29.6 Å². The fraction of sp³-hybridized carbons (Fsp3) is 0.333. The number of primary amides is 1. The Balaban J connectivity index is 2.56. The van der Waals surface area contributed by atoms with E-state index in [1.54, 1.807) is 0 Å². The van der Waals surface area contributed by atoms with E-state index in [0.717, 1.165) is 0 Å². The van der Waals surface area contributed by atoms with Crippen LogP contribution >= 0.6 is 0 Å². The molecule has 20 heavy (non-hydrogen) atoms. The summed E-state index contributed by atoms with van der Waals surface area (Å²) in [7, 11) is 0. The first-order valence-electron chi connectivity index (χ1n) is 5.78. The molecule has 0 saturated carbocycles. The average molecular weight is 281 g/mol. The van der Waals surface area contributed by atoms with Crippen LogP contribution in [0.2, 0.25) is 0 Å². The highest BCUT2D eigenvalue weighted by Crippen LogP contribution is 2.20. The summed E-state index contributed by atoms with van der Waals surface area (Å²) in [5.41, 5.74) is 10.7. The highest BCUT2D eigenvalue weighted by molar-refractivity contribution is 5.81. The van der Waals surface area contributed by atoms with Gasteiger partial charge in [0.05, 0.1) is 6.61 Å². The topological polar surface area (TPSA) is 145 Å². The van der Waals surface area contributed by atoms with Crippen molar-refractivity contribution in [1.82, 2.24) is 0 Å². The van der Waals surface area contributed by atoms with Crippen LogP contribution in [0.15, 0.2) is 29.4 Å². The Morgan fingerprint density at radius 3 is 2.35 bits per heavy atom. The minimum atomic E-state index is -1.23. The van der Waals surface area contributed by atoms with Gasteiger partial charge in [-0.05, 0) is 17.7 Å². The number of carbonyl (C=O) groups is 2. The Bertz CT molecular complexity index is 488. The third kappa shape index (κ3) is 4.32. The minimum absolute atomic E-state index is 0.137. The van der Waals surface area contributed by atoms with Crippen molar-refractivity contribution in [3.8, 4) is 5.75 Å². The molecule has 8 heteroatoms. The molecule has 1 aromatic carbocycles. The lowest BCUT2D eigenvalue weighted by atomic mass is 10.1. The third-order valence-corrected chi connectivity index (χ3v) is 2.59. The van der Waals surface area contributed by atoms with E-state index in [4.69, 9.17) is 21.3 Å². The molecule has 8 nitrogen and oxygen atoms in total. The van der Waals surface area contributed by atoms with E-state index in [0.29, 0.717) is 11.3 Å². The summed E-state index contributed by atoms with van der Waals surface area (Å²) in [4.78, 5) is 31.9. The van der Waals surface area contributed by atoms with Crippen LogP contribution < -0.4 is 16.2 Å². The van der Waals surface area contributed by atoms with E-state index in [2.05, 4.69) is 5.18 Å². The molecule has 0 heterocycles. The molecule has 1 aromatic rings. The smallest absolute Gasteiger partial charge is 0.320 e. The standard InChI is InChI=1S/C12H15N3O5/c13-9(12(17)18)5-6-20-8-3-1-7(2-4-8)10(15-19)11(14)16/h1-4,9-10H,5-6,13H2,(H2,14,16)(H,17,18). The van der Waals surface area contributed by atoms with Gasteiger partial charge in [0.15, 0.2) is 6.04 Å². The highest BCUT2D eigenvalue weighted by atomic mass is 16.5. The monoisotopic (exact) mass is 281 g/mol. The second-order valence-corrected chi connectivity index (χ2v) is 4.06. The van der Waals surface area contributed by atoms with Crippen LogP contribution in [0.3, 0.4) is 0 Å². The summed E-state index contributed by atoms with van der Waals surface area (Å²) < 4.78 is 5.29. The van der Waals surface area contributed by atoms with Crippen molar-refractivity contribution in [1.29, 1.82) is 0 Å². The van der Waals surface area contributed by atoms with Gasteiger partial charge in [-0.15, -0.1) is 4.91 Å². The van der Waals surface area contributed by atoms with E-state index >= 15 is 0 Å². The zero-order valence-electron chi connectivity index (χ0n) is 10.6. The fourth-order valence-electron chi connectivity index (χ4n) is 1.45. The number of aliphatic carboxylic acids is 1. The van der Waals surface area contributed by atoms with Gasteiger partial charge in [-0.25, -0.2) is 0 Å². The first-order valence-corrected chi connectivity index (χ1v) is 5.78. The molecule has 1 amide bonds. The lowest BCUT2D eigenvalue weighted by Crippen LogP contribution is -2.31. The molecule has 2 atom stereocenters. The van der Waals surface area contributed by atoms with Gasteiger partial charge in [0, 0.05) is 6.42 Å². The summed E-state index contributed by atoms with van der Waals surface area (Å²) in [5.74, 6) is -1.47. The predicted molar refractivity (Wildman–Crippen MR) is 69.9 cm³/mol. The number of ether oxygens (including phenoxy) is 1. The molecular formula is C12H15N3O5. The molecule has 0 radical (unpaired) electrons. The summed E-state index contributed by atoms with van der Waals surface area (Å²) in [5, 5.41) is 11.2. The third-order valence-electron chi connectivity index (χ3n) is 2.59. The Labute approximate surface area is 114 Å². The molecule has 0 aliphatic heterocycles. The second-order valence-electron chi connectivity index (χ2n) is 4.06. The number of carbonyl (C=O) groups excluding carboxylic acids is 1. The van der Waals surface area contributed by atoms with Crippen molar-refractivity contribution >= 4 is 11.9 Å². The quantitative estimate of drug-likeness (QED) is 0.578. The summed E-state index contributed by atoms with van der Waals surface area (Å²) in [6.07, 6.45) is 0.164. The number of nitrogens with two attached hydrogens (primary N) is 2. The zero-order valence-corrected chi connectivity index (χ0v) is 10.6. The minimum Gasteiger partial charge on any atom is -0.494 e. The van der Waals surface area contributed by atoms with E-state index in [-0.39, 0.29) is 13.0 Å². The van der Waals surface area contributed by atoms with Crippen molar-refractivity contribution < 1.29 is 19.4 Å². The molecule has 0 aliphatic carbocycles.